The number of carboxylic acids is 1. The third-order valence-corrected chi connectivity index (χ3v) is 6.25. The number of hydrogen-bond donors (Lipinski definition) is 2. The number of carbonyl (C=O) groups is 2. The van der Waals surface area contributed by atoms with Crippen LogP contribution in [0.25, 0.3) is 0 Å². The lowest BCUT2D eigenvalue weighted by atomic mass is 9.78. The minimum Gasteiger partial charge on any atom is -0.492 e. The van der Waals surface area contributed by atoms with Crippen molar-refractivity contribution in [1.82, 2.24) is 4.90 Å². The molecule has 1 aromatic rings. The average Bonchev–Trinajstić information content (AvgIpc) is 2.64. The lowest BCUT2D eigenvalue weighted by Crippen LogP contribution is -2.52. The molecule has 0 heterocycles. The van der Waals surface area contributed by atoms with Crippen LogP contribution in [0, 0.1) is 11.8 Å². The Hall–Kier alpha value is -2.08. The summed E-state index contributed by atoms with van der Waals surface area (Å²) in [5.74, 6) is 0.114. The molecule has 2 fully saturated rings. The zero-order valence-corrected chi connectivity index (χ0v) is 16.0. The number of carbonyl (C=O) groups excluding carboxylic acids is 1. The molecule has 27 heavy (non-hydrogen) atoms. The number of carboxylic acid groups (broad SMARTS) is 1. The van der Waals surface area contributed by atoms with Crippen LogP contribution in [0.3, 0.4) is 0 Å². The Bertz CT molecular complexity index is 666. The number of amides is 1. The van der Waals surface area contributed by atoms with Crippen LogP contribution < -0.4 is 10.5 Å². The van der Waals surface area contributed by atoms with E-state index in [1.807, 2.05) is 11.9 Å². The third-order valence-electron chi connectivity index (χ3n) is 6.25. The van der Waals surface area contributed by atoms with Gasteiger partial charge in [0.05, 0.1) is 12.6 Å². The molecule has 148 valence electrons. The van der Waals surface area contributed by atoms with Gasteiger partial charge in [0.1, 0.15) is 11.3 Å². The van der Waals surface area contributed by atoms with E-state index in [-0.39, 0.29) is 17.4 Å². The summed E-state index contributed by atoms with van der Waals surface area (Å²) in [5, 5.41) is 9.23. The third kappa shape index (κ3) is 4.61. The van der Waals surface area contributed by atoms with Crippen LogP contribution in [0.2, 0.25) is 0 Å². The van der Waals surface area contributed by atoms with Crippen molar-refractivity contribution >= 4 is 11.9 Å². The second-order valence-corrected chi connectivity index (χ2v) is 7.95. The van der Waals surface area contributed by atoms with Crippen molar-refractivity contribution in [2.24, 2.45) is 17.6 Å². The molecule has 0 radical (unpaired) electrons. The summed E-state index contributed by atoms with van der Waals surface area (Å²) < 4.78 is 5.79. The van der Waals surface area contributed by atoms with E-state index in [4.69, 9.17) is 10.5 Å². The molecular formula is C21H30N2O4. The van der Waals surface area contributed by atoms with Gasteiger partial charge in [0.25, 0.3) is 0 Å². The van der Waals surface area contributed by atoms with E-state index in [1.54, 1.807) is 24.3 Å². The number of para-hydroxylation sites is 1. The average molecular weight is 374 g/mol. The smallest absolute Gasteiger partial charge is 0.339 e. The molecule has 3 N–H and O–H groups in total. The maximum Gasteiger partial charge on any atom is 0.339 e. The summed E-state index contributed by atoms with van der Waals surface area (Å²) in [6.07, 6.45) is 7.13. The van der Waals surface area contributed by atoms with Crippen molar-refractivity contribution in [3.63, 3.8) is 0 Å². The molecule has 1 amide bonds. The normalized spacial score (nSPS) is 23.9. The number of ether oxygens (including phenoxy) is 1. The van der Waals surface area contributed by atoms with Crippen molar-refractivity contribution in [2.45, 2.75) is 57.0 Å². The van der Waals surface area contributed by atoms with Crippen LogP contribution in [0.5, 0.6) is 5.75 Å². The Morgan fingerprint density at radius 1 is 1.19 bits per heavy atom. The molecule has 0 saturated heterocycles. The Morgan fingerprint density at radius 3 is 2.44 bits per heavy atom. The predicted molar refractivity (Wildman–Crippen MR) is 103 cm³/mol. The van der Waals surface area contributed by atoms with E-state index in [0.717, 1.165) is 38.5 Å². The molecule has 2 saturated carbocycles. The highest BCUT2D eigenvalue weighted by Crippen LogP contribution is 2.32. The van der Waals surface area contributed by atoms with Gasteiger partial charge in [-0.2, -0.15) is 0 Å². The number of likely N-dealkylation sites (N-methyl/N-ethyl adjacent to an activating group) is 1. The fraction of sp³-hybridized carbons (Fsp3) is 0.619. The van der Waals surface area contributed by atoms with Gasteiger partial charge in [-0.25, -0.2) is 4.79 Å². The molecule has 1 atom stereocenters. The van der Waals surface area contributed by atoms with E-state index in [1.165, 1.54) is 6.42 Å². The number of aromatic carboxylic acids is 1. The number of nitrogens with two attached hydrogens (primary N) is 1. The monoisotopic (exact) mass is 374 g/mol. The van der Waals surface area contributed by atoms with E-state index < -0.39 is 12.0 Å². The van der Waals surface area contributed by atoms with Gasteiger partial charge < -0.3 is 20.5 Å². The first-order valence-corrected chi connectivity index (χ1v) is 9.94. The molecule has 0 unspecified atom stereocenters. The van der Waals surface area contributed by atoms with Gasteiger partial charge in [-0.1, -0.05) is 12.1 Å². The van der Waals surface area contributed by atoms with E-state index >= 15 is 0 Å². The van der Waals surface area contributed by atoms with Crippen LogP contribution >= 0.6 is 0 Å². The summed E-state index contributed by atoms with van der Waals surface area (Å²) in [6, 6.07) is 6.69. The van der Waals surface area contributed by atoms with Crippen molar-refractivity contribution in [2.75, 3.05) is 13.7 Å². The second-order valence-electron chi connectivity index (χ2n) is 7.95. The molecule has 0 spiro atoms. The van der Waals surface area contributed by atoms with Crippen molar-refractivity contribution in [1.29, 1.82) is 0 Å². The Morgan fingerprint density at radius 2 is 1.85 bits per heavy atom. The second kappa shape index (κ2) is 8.74. The number of rotatable bonds is 7. The molecule has 3 rings (SSSR count). The zero-order valence-electron chi connectivity index (χ0n) is 16.0. The van der Waals surface area contributed by atoms with Crippen LogP contribution in [0.4, 0.5) is 0 Å². The van der Waals surface area contributed by atoms with Gasteiger partial charge in [0.15, 0.2) is 0 Å². The highest BCUT2D eigenvalue weighted by atomic mass is 16.5. The molecule has 2 aliphatic rings. The van der Waals surface area contributed by atoms with Gasteiger partial charge in [-0.15, -0.1) is 0 Å². The van der Waals surface area contributed by atoms with Gasteiger partial charge in [-0.3, -0.25) is 4.79 Å². The summed E-state index contributed by atoms with van der Waals surface area (Å²) >= 11 is 0. The lowest BCUT2D eigenvalue weighted by molar-refractivity contribution is -0.136. The summed E-state index contributed by atoms with van der Waals surface area (Å²) in [4.78, 5) is 25.7. The molecule has 0 aliphatic heterocycles. The molecule has 0 bridgehead atoms. The standard InChI is InChI=1S/C21H30N2O4/c1-23(16-5-4-6-16)20(24)19(22)15-11-9-14(10-12-15)13-27-18-8-3-2-7-17(18)21(25)26/h2-3,7-8,14-16,19H,4-6,9-13,22H2,1H3,(H,25,26)/t14?,15?,19-/m0/s1. The van der Waals surface area contributed by atoms with Crippen LogP contribution in [-0.4, -0.2) is 47.6 Å². The van der Waals surface area contributed by atoms with Gasteiger partial charge >= 0.3 is 5.97 Å². The molecule has 0 aromatic heterocycles. The zero-order chi connectivity index (χ0) is 19.4. The SMILES string of the molecule is CN(C(=O)[C@@H](N)C1CCC(COc2ccccc2C(=O)O)CC1)C1CCC1. The Labute approximate surface area is 160 Å². The first-order valence-electron chi connectivity index (χ1n) is 9.94. The maximum absolute atomic E-state index is 12.6. The number of hydrogen-bond acceptors (Lipinski definition) is 4. The molecular weight excluding hydrogens is 344 g/mol. The minimum atomic E-state index is -0.977. The highest BCUT2D eigenvalue weighted by molar-refractivity contribution is 5.90. The van der Waals surface area contributed by atoms with Gasteiger partial charge in [-0.05, 0) is 68.9 Å². The van der Waals surface area contributed by atoms with Crippen LogP contribution in [0.1, 0.15) is 55.3 Å². The number of nitrogens with zero attached hydrogens (tertiary/aromatic N) is 1. The van der Waals surface area contributed by atoms with Crippen molar-refractivity contribution in [3.05, 3.63) is 29.8 Å². The van der Waals surface area contributed by atoms with Crippen LogP contribution in [-0.2, 0) is 4.79 Å². The maximum atomic E-state index is 12.6. The summed E-state index contributed by atoms with van der Waals surface area (Å²) in [6.45, 7) is 0.502. The first kappa shape index (κ1) is 19.7. The van der Waals surface area contributed by atoms with E-state index in [2.05, 4.69) is 0 Å². The fourth-order valence-corrected chi connectivity index (χ4v) is 4.08. The van der Waals surface area contributed by atoms with E-state index in [9.17, 15) is 14.7 Å². The summed E-state index contributed by atoms with van der Waals surface area (Å²) in [7, 11) is 1.88. The van der Waals surface area contributed by atoms with Crippen molar-refractivity contribution in [3.8, 4) is 5.75 Å². The summed E-state index contributed by atoms with van der Waals surface area (Å²) in [5.41, 5.74) is 6.48. The largest absolute Gasteiger partial charge is 0.492 e. The quantitative estimate of drug-likeness (QED) is 0.765. The van der Waals surface area contributed by atoms with E-state index in [0.29, 0.717) is 24.3 Å². The van der Waals surface area contributed by atoms with Gasteiger partial charge in [0.2, 0.25) is 5.91 Å². The van der Waals surface area contributed by atoms with Crippen LogP contribution in [0.15, 0.2) is 24.3 Å². The highest BCUT2D eigenvalue weighted by Gasteiger charge is 2.34. The topological polar surface area (TPSA) is 92.9 Å². The predicted octanol–water partition coefficient (Wildman–Crippen LogP) is 2.91. The van der Waals surface area contributed by atoms with Crippen molar-refractivity contribution < 1.29 is 19.4 Å². The molecule has 2 aliphatic carbocycles. The number of benzene rings is 1. The minimum absolute atomic E-state index is 0.0785. The Kier molecular flexibility index (Phi) is 6.37. The Balaban J connectivity index is 1.46. The lowest BCUT2D eigenvalue weighted by Gasteiger charge is -2.38. The molecule has 6 heteroatoms. The van der Waals surface area contributed by atoms with Gasteiger partial charge in [0, 0.05) is 13.1 Å². The molecule has 6 nitrogen and oxygen atoms in total. The fourth-order valence-electron chi connectivity index (χ4n) is 4.08. The molecule has 1 aromatic carbocycles. The first-order chi connectivity index (χ1) is 13.0.